The molecule has 0 aromatic rings. The molecule has 0 aromatic carbocycles. The van der Waals surface area contributed by atoms with Gasteiger partial charge in [0, 0.05) is 0 Å². The van der Waals surface area contributed by atoms with E-state index in [9.17, 15) is 0 Å². The molecule has 0 bridgehead atoms. The summed E-state index contributed by atoms with van der Waals surface area (Å²) in [6, 6.07) is 0. The fourth-order valence-electron chi connectivity index (χ4n) is 4.66. The van der Waals surface area contributed by atoms with Crippen LogP contribution in [-0.4, -0.2) is 0 Å². The molecule has 0 N–H and O–H groups in total. The predicted octanol–water partition coefficient (Wildman–Crippen LogP) is 10.5. The van der Waals surface area contributed by atoms with Crippen molar-refractivity contribution in [2.45, 2.75) is 138 Å². The maximum Gasteiger partial charge on any atom is -0.0265 e. The highest BCUT2D eigenvalue weighted by molar-refractivity contribution is 4.89. The smallest absolute Gasteiger partial charge is 0.0265 e. The highest BCUT2D eigenvalue weighted by Gasteiger charge is 2.31. The molecule has 0 aliphatic rings. The summed E-state index contributed by atoms with van der Waals surface area (Å²) in [7, 11) is 0. The van der Waals surface area contributed by atoms with Crippen LogP contribution in [0.5, 0.6) is 0 Å². The molecule has 0 saturated heterocycles. The Hall–Kier alpha value is -0.520. The average molecular weight is 405 g/mol. The molecule has 0 heterocycles. The molecule has 0 spiro atoms. The van der Waals surface area contributed by atoms with Crippen LogP contribution in [0.15, 0.2) is 24.8 Å². The third-order valence-corrected chi connectivity index (χ3v) is 7.45. The Balaban J connectivity index is 4.66. The van der Waals surface area contributed by atoms with Crippen molar-refractivity contribution in [3.63, 3.8) is 0 Å². The first-order chi connectivity index (χ1) is 13.9. The fraction of sp³-hybridized carbons (Fsp3) is 0.862. The van der Waals surface area contributed by atoms with E-state index in [-0.39, 0.29) is 0 Å². The van der Waals surface area contributed by atoms with E-state index in [4.69, 9.17) is 0 Å². The maximum atomic E-state index is 3.97. The third-order valence-electron chi connectivity index (χ3n) is 7.45. The summed E-state index contributed by atoms with van der Waals surface area (Å²) in [5.74, 6) is 2.40. The van der Waals surface area contributed by atoms with Gasteiger partial charge in [-0.15, -0.1) is 6.58 Å². The summed E-state index contributed by atoms with van der Waals surface area (Å²) in [4.78, 5) is 0. The van der Waals surface area contributed by atoms with Gasteiger partial charge in [-0.3, -0.25) is 0 Å². The van der Waals surface area contributed by atoms with Gasteiger partial charge in [0.15, 0.2) is 0 Å². The van der Waals surface area contributed by atoms with Crippen LogP contribution >= 0.6 is 0 Å². The molecule has 172 valence electrons. The predicted molar refractivity (Wildman–Crippen MR) is 136 cm³/mol. The molecule has 0 aliphatic heterocycles. The van der Waals surface area contributed by atoms with Gasteiger partial charge in [0.25, 0.3) is 0 Å². The Bertz CT molecular complexity index is 393. The van der Waals surface area contributed by atoms with E-state index < -0.39 is 0 Å². The van der Waals surface area contributed by atoms with Crippen LogP contribution in [0.2, 0.25) is 0 Å². The summed E-state index contributed by atoms with van der Waals surface area (Å²) >= 11 is 0. The summed E-state index contributed by atoms with van der Waals surface area (Å²) in [5.41, 5.74) is 0.502. The van der Waals surface area contributed by atoms with Crippen LogP contribution in [0.4, 0.5) is 0 Å². The van der Waals surface area contributed by atoms with Gasteiger partial charge in [0.05, 0.1) is 0 Å². The van der Waals surface area contributed by atoms with Crippen LogP contribution in [0.1, 0.15) is 138 Å². The van der Waals surface area contributed by atoms with Crippen molar-refractivity contribution in [2.75, 3.05) is 0 Å². The van der Waals surface area contributed by atoms with Crippen molar-refractivity contribution in [1.29, 1.82) is 0 Å². The molecule has 0 radical (unpaired) electrons. The van der Waals surface area contributed by atoms with Crippen LogP contribution in [0.3, 0.4) is 0 Å². The summed E-state index contributed by atoms with van der Waals surface area (Å²) in [6.45, 7) is 18.3. The van der Waals surface area contributed by atoms with E-state index in [1.54, 1.807) is 0 Å². The Morgan fingerprint density at radius 3 is 2.10 bits per heavy atom. The molecular weight excluding hydrogens is 348 g/mol. The quantitative estimate of drug-likeness (QED) is 0.140. The summed E-state index contributed by atoms with van der Waals surface area (Å²) in [5, 5.41) is 0. The van der Waals surface area contributed by atoms with Crippen LogP contribution < -0.4 is 0 Å². The molecule has 4 unspecified atom stereocenters. The lowest BCUT2D eigenvalue weighted by atomic mass is 9.67. The van der Waals surface area contributed by atoms with Crippen LogP contribution in [0, 0.1) is 23.2 Å². The highest BCUT2D eigenvalue weighted by Crippen LogP contribution is 2.42. The van der Waals surface area contributed by atoms with E-state index in [1.165, 1.54) is 96.3 Å². The molecule has 29 heavy (non-hydrogen) atoms. The van der Waals surface area contributed by atoms with Crippen molar-refractivity contribution in [3.05, 3.63) is 24.8 Å². The van der Waals surface area contributed by atoms with Gasteiger partial charge in [-0.1, -0.05) is 118 Å². The second kappa shape index (κ2) is 18.3. The van der Waals surface area contributed by atoms with E-state index >= 15 is 0 Å². The fourth-order valence-corrected chi connectivity index (χ4v) is 4.66. The van der Waals surface area contributed by atoms with E-state index in [1.807, 2.05) is 0 Å². The lowest BCUT2D eigenvalue weighted by Crippen LogP contribution is -2.27. The lowest BCUT2D eigenvalue weighted by Gasteiger charge is -2.38. The topological polar surface area (TPSA) is 0 Å². The zero-order valence-electron chi connectivity index (χ0n) is 21.3. The van der Waals surface area contributed by atoms with Gasteiger partial charge in [0.2, 0.25) is 0 Å². The first-order valence-corrected chi connectivity index (χ1v) is 13.2. The summed E-state index contributed by atoms with van der Waals surface area (Å²) in [6.07, 6.45) is 27.5. The monoisotopic (exact) mass is 404 g/mol. The largest absolute Gasteiger partial charge is 0.103 e. The summed E-state index contributed by atoms with van der Waals surface area (Å²) < 4.78 is 0. The van der Waals surface area contributed by atoms with Crippen molar-refractivity contribution in [3.8, 4) is 0 Å². The zero-order valence-corrected chi connectivity index (χ0v) is 21.3. The Morgan fingerprint density at radius 1 is 0.793 bits per heavy atom. The molecule has 0 aromatic heterocycles. The molecule has 0 saturated carbocycles. The van der Waals surface area contributed by atoms with Gasteiger partial charge < -0.3 is 0 Å². The van der Waals surface area contributed by atoms with Crippen molar-refractivity contribution >= 4 is 0 Å². The van der Waals surface area contributed by atoms with Gasteiger partial charge in [-0.25, -0.2) is 0 Å². The van der Waals surface area contributed by atoms with E-state index in [0.717, 1.165) is 11.8 Å². The second-order valence-electron chi connectivity index (χ2n) is 10.2. The lowest BCUT2D eigenvalue weighted by molar-refractivity contribution is 0.134. The first-order valence-electron chi connectivity index (χ1n) is 13.2. The van der Waals surface area contributed by atoms with Crippen molar-refractivity contribution in [2.24, 2.45) is 23.2 Å². The SMILES string of the molecule is C=CC(C)CCCC(CCCCCC)C(C)(CC)CCC=CCC(C)CCCC. The third kappa shape index (κ3) is 14.2. The van der Waals surface area contributed by atoms with Crippen LogP contribution in [0.25, 0.3) is 0 Å². The van der Waals surface area contributed by atoms with E-state index in [2.05, 4.69) is 66.3 Å². The minimum absolute atomic E-state index is 0.502. The normalized spacial score (nSPS) is 17.2. The standard InChI is InChI=1S/C29H56/c1-8-12-14-17-23-28(24-19-22-26(5)10-3)29(7,11-4)25-18-15-16-21-27(6)20-13-9-2/h10,15-16,26-28H,3,8-9,11-14,17-25H2,1-2,4-7H3. The molecule has 0 aliphatic carbocycles. The minimum Gasteiger partial charge on any atom is -0.103 e. The van der Waals surface area contributed by atoms with Gasteiger partial charge >= 0.3 is 0 Å². The maximum absolute atomic E-state index is 3.97. The number of rotatable bonds is 20. The zero-order chi connectivity index (χ0) is 22.0. The average Bonchev–Trinajstić information content (AvgIpc) is 2.73. The Morgan fingerprint density at radius 2 is 1.48 bits per heavy atom. The number of hydrogen-bond acceptors (Lipinski definition) is 0. The Kier molecular flexibility index (Phi) is 17.9. The molecule has 0 rings (SSSR count). The molecule has 0 fully saturated rings. The molecular formula is C29H56. The molecule has 4 atom stereocenters. The minimum atomic E-state index is 0.502. The highest BCUT2D eigenvalue weighted by atomic mass is 14.4. The van der Waals surface area contributed by atoms with Crippen molar-refractivity contribution in [1.82, 2.24) is 0 Å². The van der Waals surface area contributed by atoms with Crippen LogP contribution in [-0.2, 0) is 0 Å². The van der Waals surface area contributed by atoms with Crippen molar-refractivity contribution < 1.29 is 0 Å². The van der Waals surface area contributed by atoms with E-state index in [0.29, 0.717) is 11.3 Å². The molecule has 0 amide bonds. The first kappa shape index (κ1) is 28.5. The van der Waals surface area contributed by atoms with Gasteiger partial charge in [-0.2, -0.15) is 0 Å². The molecule has 0 nitrogen and oxygen atoms in total. The second-order valence-corrected chi connectivity index (χ2v) is 10.2. The Labute approximate surface area is 186 Å². The number of allylic oxidation sites excluding steroid dienone is 3. The number of hydrogen-bond donors (Lipinski definition) is 0. The van der Waals surface area contributed by atoms with Gasteiger partial charge in [0.1, 0.15) is 0 Å². The number of unbranched alkanes of at least 4 members (excludes halogenated alkanes) is 4. The molecule has 0 heteroatoms. The van der Waals surface area contributed by atoms with Gasteiger partial charge in [-0.05, 0) is 61.7 Å².